The molecule has 6 heteroatoms. The molecule has 1 aliphatic carbocycles. The molecule has 2 atom stereocenters. The highest BCUT2D eigenvalue weighted by atomic mass is 35.5. The van der Waals surface area contributed by atoms with Crippen LogP contribution >= 0.6 is 11.6 Å². The van der Waals surface area contributed by atoms with Gasteiger partial charge in [0, 0.05) is 5.56 Å². The number of carboxylic acids is 1. The van der Waals surface area contributed by atoms with Gasteiger partial charge in [0.15, 0.2) is 0 Å². The van der Waals surface area contributed by atoms with Crippen LogP contribution in [0.2, 0.25) is 5.02 Å². The number of ether oxygens (including phenoxy) is 1. The summed E-state index contributed by atoms with van der Waals surface area (Å²) in [6, 6.07) is 4.74. The van der Waals surface area contributed by atoms with Crippen molar-refractivity contribution in [1.29, 1.82) is 0 Å². The van der Waals surface area contributed by atoms with Crippen LogP contribution in [0.4, 0.5) is 0 Å². The van der Waals surface area contributed by atoms with Crippen molar-refractivity contribution in [3.63, 3.8) is 0 Å². The van der Waals surface area contributed by atoms with Crippen molar-refractivity contribution in [2.75, 3.05) is 7.11 Å². The summed E-state index contributed by atoms with van der Waals surface area (Å²) < 4.78 is 5.10. The third-order valence-corrected chi connectivity index (χ3v) is 4.63. The molecule has 1 fully saturated rings. The van der Waals surface area contributed by atoms with Crippen LogP contribution in [0.1, 0.15) is 43.0 Å². The van der Waals surface area contributed by atoms with E-state index in [-0.39, 0.29) is 5.91 Å². The summed E-state index contributed by atoms with van der Waals surface area (Å²) in [5.74, 6) is -1.33. The van der Waals surface area contributed by atoms with Crippen LogP contribution in [0.15, 0.2) is 18.2 Å². The predicted molar refractivity (Wildman–Crippen MR) is 83.5 cm³/mol. The van der Waals surface area contributed by atoms with Gasteiger partial charge in [-0.05, 0) is 38.0 Å². The van der Waals surface area contributed by atoms with Gasteiger partial charge in [0.1, 0.15) is 5.75 Å². The first-order valence-electron chi connectivity index (χ1n) is 7.26. The van der Waals surface area contributed by atoms with Crippen LogP contribution in [0.3, 0.4) is 0 Å². The maximum Gasteiger partial charge on any atom is 0.308 e. The Bertz CT molecular complexity index is 590. The lowest BCUT2D eigenvalue weighted by Crippen LogP contribution is -2.55. The molecular weight excluding hydrogens is 306 g/mol. The maximum absolute atomic E-state index is 12.5. The second-order valence-electron chi connectivity index (χ2n) is 5.86. The van der Waals surface area contributed by atoms with Gasteiger partial charge in [-0.3, -0.25) is 9.59 Å². The molecule has 0 spiro atoms. The highest BCUT2D eigenvalue weighted by Gasteiger charge is 2.42. The van der Waals surface area contributed by atoms with Crippen LogP contribution < -0.4 is 10.1 Å². The fraction of sp³-hybridized carbons (Fsp3) is 0.500. The number of carbonyl (C=O) groups is 2. The predicted octanol–water partition coefficient (Wildman–Crippen LogP) is 3.11. The number of benzene rings is 1. The summed E-state index contributed by atoms with van der Waals surface area (Å²) in [4.78, 5) is 23.9. The molecule has 2 unspecified atom stereocenters. The van der Waals surface area contributed by atoms with Gasteiger partial charge in [0.2, 0.25) is 0 Å². The van der Waals surface area contributed by atoms with Crippen LogP contribution in [-0.4, -0.2) is 29.6 Å². The molecule has 22 heavy (non-hydrogen) atoms. The molecule has 0 bridgehead atoms. The van der Waals surface area contributed by atoms with E-state index in [1.54, 1.807) is 25.1 Å². The lowest BCUT2D eigenvalue weighted by Gasteiger charge is -2.39. The summed E-state index contributed by atoms with van der Waals surface area (Å²) in [6.45, 7) is 1.80. The fourth-order valence-electron chi connectivity index (χ4n) is 3.01. The lowest BCUT2D eigenvalue weighted by atomic mass is 9.73. The zero-order valence-electron chi connectivity index (χ0n) is 12.7. The average Bonchev–Trinajstić information content (AvgIpc) is 2.47. The summed E-state index contributed by atoms with van der Waals surface area (Å²) in [6.07, 6.45) is 3.01. The molecule has 1 amide bonds. The summed E-state index contributed by atoms with van der Waals surface area (Å²) in [7, 11) is 1.48. The SMILES string of the molecule is COc1cc(C(=O)NC2(C)CCCCC2C(=O)O)ccc1Cl. The highest BCUT2D eigenvalue weighted by Crippen LogP contribution is 2.34. The number of hydrogen-bond donors (Lipinski definition) is 2. The van der Waals surface area contributed by atoms with E-state index in [0.29, 0.717) is 29.2 Å². The number of nitrogens with one attached hydrogen (secondary N) is 1. The summed E-state index contributed by atoms with van der Waals surface area (Å²) in [5.41, 5.74) is -0.342. The average molecular weight is 326 g/mol. The van der Waals surface area contributed by atoms with Gasteiger partial charge in [0.05, 0.1) is 23.6 Å². The minimum Gasteiger partial charge on any atom is -0.495 e. The van der Waals surface area contributed by atoms with Crippen LogP contribution in [0, 0.1) is 5.92 Å². The van der Waals surface area contributed by atoms with E-state index in [4.69, 9.17) is 16.3 Å². The van der Waals surface area contributed by atoms with Gasteiger partial charge < -0.3 is 15.2 Å². The first-order valence-corrected chi connectivity index (χ1v) is 7.64. The number of methoxy groups -OCH3 is 1. The molecule has 0 saturated heterocycles. The zero-order valence-corrected chi connectivity index (χ0v) is 13.4. The molecule has 1 aromatic rings. The van der Waals surface area contributed by atoms with E-state index < -0.39 is 17.4 Å². The molecule has 1 aromatic carbocycles. The smallest absolute Gasteiger partial charge is 0.308 e. The normalized spacial score (nSPS) is 24.6. The zero-order chi connectivity index (χ0) is 16.3. The first kappa shape index (κ1) is 16.6. The maximum atomic E-state index is 12.5. The van der Waals surface area contributed by atoms with Crippen molar-refractivity contribution in [2.45, 2.75) is 38.1 Å². The van der Waals surface area contributed by atoms with Crippen molar-refractivity contribution in [3.05, 3.63) is 28.8 Å². The number of aliphatic carboxylic acids is 1. The molecule has 0 radical (unpaired) electrons. The molecular formula is C16H20ClNO4. The van der Waals surface area contributed by atoms with Gasteiger partial charge in [0.25, 0.3) is 5.91 Å². The Morgan fingerprint density at radius 2 is 2.14 bits per heavy atom. The monoisotopic (exact) mass is 325 g/mol. The number of amides is 1. The van der Waals surface area contributed by atoms with Crippen LogP contribution in [0.25, 0.3) is 0 Å². The third-order valence-electron chi connectivity index (χ3n) is 4.32. The molecule has 0 aromatic heterocycles. The van der Waals surface area contributed by atoms with Crippen LogP contribution in [-0.2, 0) is 4.79 Å². The van der Waals surface area contributed by atoms with E-state index in [1.807, 2.05) is 0 Å². The van der Waals surface area contributed by atoms with Gasteiger partial charge in [-0.25, -0.2) is 0 Å². The Kier molecular flexibility index (Phi) is 4.96. The third kappa shape index (κ3) is 3.35. The van der Waals surface area contributed by atoms with E-state index in [0.717, 1.165) is 12.8 Å². The summed E-state index contributed by atoms with van der Waals surface area (Å²) in [5, 5.41) is 12.7. The Labute approximate surface area is 134 Å². The van der Waals surface area contributed by atoms with Gasteiger partial charge >= 0.3 is 5.97 Å². The van der Waals surface area contributed by atoms with Crippen molar-refractivity contribution in [3.8, 4) is 5.75 Å². The molecule has 1 aliphatic rings. The molecule has 0 aliphatic heterocycles. The molecule has 2 N–H and O–H groups in total. The van der Waals surface area contributed by atoms with E-state index in [2.05, 4.69) is 5.32 Å². The van der Waals surface area contributed by atoms with Crippen molar-refractivity contribution < 1.29 is 19.4 Å². The molecule has 2 rings (SSSR count). The lowest BCUT2D eigenvalue weighted by molar-refractivity contribution is -0.145. The van der Waals surface area contributed by atoms with E-state index in [1.165, 1.54) is 7.11 Å². The van der Waals surface area contributed by atoms with Gasteiger partial charge in [-0.15, -0.1) is 0 Å². The number of hydrogen-bond acceptors (Lipinski definition) is 3. The first-order chi connectivity index (χ1) is 10.4. The standard InChI is InChI=1S/C16H20ClNO4/c1-16(8-4-3-5-11(16)15(20)21)18-14(19)10-6-7-12(17)13(9-10)22-2/h6-7,9,11H,3-5,8H2,1-2H3,(H,18,19)(H,20,21). The summed E-state index contributed by atoms with van der Waals surface area (Å²) >= 11 is 5.95. The highest BCUT2D eigenvalue weighted by molar-refractivity contribution is 6.32. The minimum atomic E-state index is -0.865. The van der Waals surface area contributed by atoms with Crippen molar-refractivity contribution in [1.82, 2.24) is 5.32 Å². The Hall–Kier alpha value is -1.75. The minimum absolute atomic E-state index is 0.314. The topological polar surface area (TPSA) is 75.6 Å². The second kappa shape index (κ2) is 6.57. The number of carboxylic acid groups (broad SMARTS) is 1. The van der Waals surface area contributed by atoms with Crippen LogP contribution in [0.5, 0.6) is 5.75 Å². The quantitative estimate of drug-likeness (QED) is 0.891. The van der Waals surface area contributed by atoms with Gasteiger partial charge in [-0.1, -0.05) is 24.4 Å². The largest absolute Gasteiger partial charge is 0.495 e. The van der Waals surface area contributed by atoms with Crippen molar-refractivity contribution >= 4 is 23.5 Å². The van der Waals surface area contributed by atoms with Gasteiger partial charge in [-0.2, -0.15) is 0 Å². The Morgan fingerprint density at radius 3 is 2.77 bits per heavy atom. The van der Waals surface area contributed by atoms with Crippen molar-refractivity contribution in [2.24, 2.45) is 5.92 Å². The fourth-order valence-corrected chi connectivity index (χ4v) is 3.21. The number of carbonyl (C=O) groups excluding carboxylic acids is 1. The number of halogens is 1. The van der Waals surface area contributed by atoms with E-state index in [9.17, 15) is 14.7 Å². The van der Waals surface area contributed by atoms with E-state index >= 15 is 0 Å². The second-order valence-corrected chi connectivity index (χ2v) is 6.26. The molecule has 0 heterocycles. The molecule has 1 saturated carbocycles. The Morgan fingerprint density at radius 1 is 1.41 bits per heavy atom. The molecule has 5 nitrogen and oxygen atoms in total. The Balaban J connectivity index is 2.21. The number of rotatable bonds is 4. The molecule has 120 valence electrons.